The molecule has 5 nitrogen and oxygen atoms in total. The highest BCUT2D eigenvalue weighted by Crippen LogP contribution is 2.24. The number of aromatic amines is 1. The van der Waals surface area contributed by atoms with Gasteiger partial charge in [0.1, 0.15) is 11.6 Å². The van der Waals surface area contributed by atoms with Crippen molar-refractivity contribution in [1.29, 1.82) is 0 Å². The molecule has 1 aliphatic heterocycles. The van der Waals surface area contributed by atoms with E-state index in [-0.39, 0.29) is 17.8 Å². The average Bonchev–Trinajstić information content (AvgIpc) is 3.08. The van der Waals surface area contributed by atoms with E-state index in [4.69, 9.17) is 4.74 Å². The molecule has 0 saturated carbocycles. The number of aromatic nitrogens is 1. The number of benzene rings is 2. The number of hydrogen-bond acceptors (Lipinski definition) is 3. The molecule has 0 unspecified atom stereocenters. The zero-order valence-electron chi connectivity index (χ0n) is 17.5. The van der Waals surface area contributed by atoms with Gasteiger partial charge in [0.2, 0.25) is 0 Å². The summed E-state index contributed by atoms with van der Waals surface area (Å²) in [6.45, 7) is 4.79. The molecule has 1 aromatic heterocycles. The molecule has 2 N–H and O–H groups in total. The topological polar surface area (TPSA) is 57.4 Å². The minimum atomic E-state index is -0.333. The van der Waals surface area contributed by atoms with Crippen LogP contribution < -0.4 is 10.1 Å². The number of ether oxygens (including phenoxy) is 1. The van der Waals surface area contributed by atoms with E-state index >= 15 is 0 Å². The van der Waals surface area contributed by atoms with Crippen LogP contribution in [0.2, 0.25) is 0 Å². The molecular formula is C24H28FN3O2. The van der Waals surface area contributed by atoms with Crippen LogP contribution in [0, 0.1) is 12.7 Å². The van der Waals surface area contributed by atoms with E-state index in [1.54, 1.807) is 13.2 Å². The molecule has 1 fully saturated rings. The molecule has 0 aliphatic carbocycles. The summed E-state index contributed by atoms with van der Waals surface area (Å²) in [4.78, 5) is 18.5. The maximum Gasteiger partial charge on any atom is 0.253 e. The van der Waals surface area contributed by atoms with Crippen LogP contribution in [0.1, 0.15) is 34.5 Å². The molecule has 3 aromatic rings. The van der Waals surface area contributed by atoms with Gasteiger partial charge >= 0.3 is 0 Å². The Kier molecular flexibility index (Phi) is 6.04. The van der Waals surface area contributed by atoms with E-state index in [0.717, 1.165) is 55.9 Å². The van der Waals surface area contributed by atoms with Gasteiger partial charge in [0, 0.05) is 42.3 Å². The third kappa shape index (κ3) is 4.49. The summed E-state index contributed by atoms with van der Waals surface area (Å²) < 4.78 is 18.9. The normalized spacial score (nSPS) is 15.4. The zero-order chi connectivity index (χ0) is 21.1. The number of halogens is 1. The smallest absolute Gasteiger partial charge is 0.253 e. The Morgan fingerprint density at radius 3 is 2.63 bits per heavy atom. The Bertz CT molecular complexity index is 1020. The molecular weight excluding hydrogens is 381 g/mol. The first kappa shape index (κ1) is 20.4. The number of rotatable bonds is 6. The molecule has 1 saturated heterocycles. The third-order valence-corrected chi connectivity index (χ3v) is 5.97. The predicted molar refractivity (Wildman–Crippen MR) is 117 cm³/mol. The Labute approximate surface area is 176 Å². The lowest BCUT2D eigenvalue weighted by atomic mass is 10.0. The van der Waals surface area contributed by atoms with Gasteiger partial charge in [0.05, 0.1) is 12.7 Å². The zero-order valence-corrected chi connectivity index (χ0v) is 17.5. The van der Waals surface area contributed by atoms with Crippen molar-refractivity contribution in [2.75, 3.05) is 26.7 Å². The highest BCUT2D eigenvalue weighted by Gasteiger charge is 2.23. The fourth-order valence-electron chi connectivity index (χ4n) is 4.23. The molecule has 1 amide bonds. The van der Waals surface area contributed by atoms with Crippen LogP contribution in [-0.2, 0) is 6.42 Å². The summed E-state index contributed by atoms with van der Waals surface area (Å²) >= 11 is 0. The van der Waals surface area contributed by atoms with Gasteiger partial charge in [-0.3, -0.25) is 4.79 Å². The Morgan fingerprint density at radius 1 is 1.20 bits per heavy atom. The number of H-pyrrole nitrogens is 1. The van der Waals surface area contributed by atoms with Gasteiger partial charge in [-0.1, -0.05) is 12.1 Å². The number of fused-ring (bicyclic) bond motifs is 1. The van der Waals surface area contributed by atoms with Crippen molar-refractivity contribution in [2.45, 2.75) is 32.2 Å². The molecule has 6 heteroatoms. The van der Waals surface area contributed by atoms with Gasteiger partial charge in [-0.2, -0.15) is 0 Å². The molecule has 2 heterocycles. The lowest BCUT2D eigenvalue weighted by Gasteiger charge is -2.32. The summed E-state index contributed by atoms with van der Waals surface area (Å²) in [5.41, 5.74) is 3.40. The van der Waals surface area contributed by atoms with Crippen LogP contribution in [-0.4, -0.2) is 48.6 Å². The van der Waals surface area contributed by atoms with Gasteiger partial charge in [-0.15, -0.1) is 0 Å². The van der Waals surface area contributed by atoms with Crippen molar-refractivity contribution in [3.8, 4) is 5.75 Å². The van der Waals surface area contributed by atoms with E-state index in [9.17, 15) is 9.18 Å². The second-order valence-corrected chi connectivity index (χ2v) is 8.00. The second kappa shape index (κ2) is 8.88. The van der Waals surface area contributed by atoms with Crippen LogP contribution in [0.25, 0.3) is 10.9 Å². The maximum absolute atomic E-state index is 13.7. The van der Waals surface area contributed by atoms with E-state index in [0.29, 0.717) is 10.9 Å². The van der Waals surface area contributed by atoms with Crippen LogP contribution in [0.15, 0.2) is 42.5 Å². The van der Waals surface area contributed by atoms with Gasteiger partial charge in [0.25, 0.3) is 5.91 Å². The van der Waals surface area contributed by atoms with Gasteiger partial charge < -0.3 is 19.9 Å². The van der Waals surface area contributed by atoms with Gasteiger partial charge in [0.15, 0.2) is 0 Å². The van der Waals surface area contributed by atoms with Crippen molar-refractivity contribution < 1.29 is 13.9 Å². The Hall–Kier alpha value is -2.86. The highest BCUT2D eigenvalue weighted by molar-refractivity contribution is 6.08. The molecule has 158 valence electrons. The number of carbonyl (C=O) groups is 1. The summed E-state index contributed by atoms with van der Waals surface area (Å²) in [6, 6.07) is 12.9. The van der Waals surface area contributed by atoms with E-state index in [1.807, 2.05) is 19.1 Å². The average molecular weight is 410 g/mol. The largest absolute Gasteiger partial charge is 0.497 e. The molecule has 2 aromatic carbocycles. The lowest BCUT2D eigenvalue weighted by Crippen LogP contribution is -2.45. The first-order valence-corrected chi connectivity index (χ1v) is 10.5. The predicted octanol–water partition coefficient (Wildman–Crippen LogP) is 4.06. The third-order valence-electron chi connectivity index (χ3n) is 5.97. The highest BCUT2D eigenvalue weighted by atomic mass is 19.1. The number of piperidine rings is 1. The molecule has 0 bridgehead atoms. The molecule has 1 aliphatic rings. The Balaban J connectivity index is 1.30. The van der Waals surface area contributed by atoms with Crippen molar-refractivity contribution in [3.63, 3.8) is 0 Å². The van der Waals surface area contributed by atoms with Crippen LogP contribution in [0.4, 0.5) is 4.39 Å². The number of nitrogens with one attached hydrogen (secondary N) is 2. The van der Waals surface area contributed by atoms with Crippen LogP contribution in [0.3, 0.4) is 0 Å². The first-order chi connectivity index (χ1) is 14.5. The number of aryl methyl sites for hydroxylation is 1. The lowest BCUT2D eigenvalue weighted by molar-refractivity contribution is 0.0912. The first-order valence-electron chi connectivity index (χ1n) is 10.5. The van der Waals surface area contributed by atoms with Crippen LogP contribution >= 0.6 is 0 Å². The minimum absolute atomic E-state index is 0.124. The van der Waals surface area contributed by atoms with Crippen molar-refractivity contribution in [3.05, 3.63) is 65.1 Å². The molecule has 4 rings (SSSR count). The number of carbonyl (C=O) groups excluding carboxylic acids is 1. The van der Waals surface area contributed by atoms with Crippen LogP contribution in [0.5, 0.6) is 5.75 Å². The molecule has 0 atom stereocenters. The maximum atomic E-state index is 13.7. The standard InChI is InChI=1S/C24H28FN3O2/c1-16-23(21-15-18(25)5-8-22(21)26-16)24(29)27-19-10-13-28(14-11-19)12-9-17-3-6-20(30-2)7-4-17/h3-8,15,19,26H,9-14H2,1-2H3,(H,27,29). The summed E-state index contributed by atoms with van der Waals surface area (Å²) in [7, 11) is 1.68. The summed E-state index contributed by atoms with van der Waals surface area (Å²) in [5.74, 6) is 0.422. The number of nitrogens with zero attached hydrogens (tertiary/aromatic N) is 1. The monoisotopic (exact) mass is 409 g/mol. The Morgan fingerprint density at radius 2 is 1.93 bits per heavy atom. The fraction of sp³-hybridized carbons (Fsp3) is 0.375. The molecule has 30 heavy (non-hydrogen) atoms. The summed E-state index contributed by atoms with van der Waals surface area (Å²) in [5, 5.41) is 3.80. The second-order valence-electron chi connectivity index (χ2n) is 8.00. The van der Waals surface area contributed by atoms with Gasteiger partial charge in [-0.05, 0) is 62.1 Å². The van der Waals surface area contributed by atoms with Crippen molar-refractivity contribution in [1.82, 2.24) is 15.2 Å². The number of amides is 1. The minimum Gasteiger partial charge on any atom is -0.497 e. The van der Waals surface area contributed by atoms with E-state index in [2.05, 4.69) is 27.3 Å². The number of hydrogen-bond donors (Lipinski definition) is 2. The number of methoxy groups -OCH3 is 1. The SMILES string of the molecule is COc1ccc(CCN2CCC(NC(=O)c3c(C)[nH]c4ccc(F)cc34)CC2)cc1. The summed E-state index contributed by atoms with van der Waals surface area (Å²) in [6.07, 6.45) is 2.84. The fourth-order valence-corrected chi connectivity index (χ4v) is 4.23. The van der Waals surface area contributed by atoms with Crippen molar-refractivity contribution in [2.24, 2.45) is 0 Å². The van der Waals surface area contributed by atoms with Crippen molar-refractivity contribution >= 4 is 16.8 Å². The number of likely N-dealkylation sites (tertiary alicyclic amines) is 1. The van der Waals surface area contributed by atoms with Gasteiger partial charge in [-0.25, -0.2) is 4.39 Å². The quantitative estimate of drug-likeness (QED) is 0.646. The molecule has 0 spiro atoms. The van der Waals surface area contributed by atoms with E-state index in [1.165, 1.54) is 17.7 Å². The van der Waals surface area contributed by atoms with E-state index < -0.39 is 0 Å². The molecule has 0 radical (unpaired) electrons.